The number of halogens is 1. The van der Waals surface area contributed by atoms with Gasteiger partial charge >= 0.3 is 0 Å². The molecular weight excluding hydrogens is 386 g/mol. The van der Waals surface area contributed by atoms with Crippen molar-refractivity contribution in [3.63, 3.8) is 0 Å². The highest BCUT2D eigenvalue weighted by molar-refractivity contribution is 6.31. The zero-order valence-corrected chi connectivity index (χ0v) is 16.6. The van der Waals surface area contributed by atoms with Crippen LogP contribution in [-0.2, 0) is 0 Å². The second kappa shape index (κ2) is 8.43. The molecule has 0 aliphatic carbocycles. The van der Waals surface area contributed by atoms with Gasteiger partial charge in [0.15, 0.2) is 5.76 Å². The maximum atomic E-state index is 6.26. The van der Waals surface area contributed by atoms with Crippen molar-refractivity contribution in [2.45, 2.75) is 13.0 Å². The van der Waals surface area contributed by atoms with Crippen LogP contribution in [0.25, 0.3) is 22.5 Å². The summed E-state index contributed by atoms with van der Waals surface area (Å²) in [6, 6.07) is 19.0. The number of hydrogen-bond acceptors (Lipinski definition) is 6. The summed E-state index contributed by atoms with van der Waals surface area (Å²) < 4.78 is 5.42. The van der Waals surface area contributed by atoms with Gasteiger partial charge in [-0.05, 0) is 18.6 Å². The molecule has 0 aliphatic heterocycles. The van der Waals surface area contributed by atoms with Gasteiger partial charge in [0.1, 0.15) is 17.8 Å². The molecule has 2 heterocycles. The summed E-state index contributed by atoms with van der Waals surface area (Å²) >= 11 is 6.23. The molecule has 2 aromatic carbocycles. The number of nitrogens with zero attached hydrogens (tertiary/aromatic N) is 3. The van der Waals surface area contributed by atoms with Gasteiger partial charge in [-0.1, -0.05) is 59.2 Å². The van der Waals surface area contributed by atoms with E-state index in [1.807, 2.05) is 67.6 Å². The van der Waals surface area contributed by atoms with Crippen molar-refractivity contribution in [1.82, 2.24) is 15.1 Å². The van der Waals surface area contributed by atoms with E-state index in [1.165, 1.54) is 6.33 Å². The van der Waals surface area contributed by atoms with Gasteiger partial charge in [0, 0.05) is 34.8 Å². The molecule has 4 rings (SSSR count). The lowest BCUT2D eigenvalue weighted by atomic mass is 10.1. The SMILES string of the molecule is Cc1ccc(-c2cc(NC[C@H](N)c3cc(-c4ccccc4)no3)ncn2)cc1Cl. The number of nitrogens with two attached hydrogens (primary N) is 1. The molecule has 0 amide bonds. The number of benzene rings is 2. The van der Waals surface area contributed by atoms with Gasteiger partial charge in [-0.3, -0.25) is 0 Å². The predicted molar refractivity (Wildman–Crippen MR) is 115 cm³/mol. The van der Waals surface area contributed by atoms with Crippen LogP contribution in [0.3, 0.4) is 0 Å². The second-order valence-electron chi connectivity index (χ2n) is 6.72. The van der Waals surface area contributed by atoms with Crippen LogP contribution in [0.15, 0.2) is 71.5 Å². The highest BCUT2D eigenvalue weighted by Crippen LogP contribution is 2.25. The highest BCUT2D eigenvalue weighted by atomic mass is 35.5. The Morgan fingerprint density at radius 3 is 2.62 bits per heavy atom. The topological polar surface area (TPSA) is 89.9 Å². The van der Waals surface area contributed by atoms with E-state index in [4.69, 9.17) is 21.9 Å². The third-order valence-electron chi connectivity index (χ3n) is 4.60. The summed E-state index contributed by atoms with van der Waals surface area (Å²) in [6.45, 7) is 2.40. The molecule has 0 unspecified atom stereocenters. The van der Waals surface area contributed by atoms with Crippen LogP contribution in [-0.4, -0.2) is 21.7 Å². The smallest absolute Gasteiger partial charge is 0.155 e. The molecule has 0 spiro atoms. The number of rotatable bonds is 6. The second-order valence-corrected chi connectivity index (χ2v) is 7.13. The summed E-state index contributed by atoms with van der Waals surface area (Å²) in [5, 5.41) is 8.05. The quantitative estimate of drug-likeness (QED) is 0.475. The van der Waals surface area contributed by atoms with E-state index in [-0.39, 0.29) is 6.04 Å². The molecule has 2 aromatic heterocycles. The van der Waals surface area contributed by atoms with Crippen LogP contribution in [0.5, 0.6) is 0 Å². The van der Waals surface area contributed by atoms with Gasteiger partial charge in [-0.2, -0.15) is 0 Å². The Morgan fingerprint density at radius 1 is 1.00 bits per heavy atom. The first-order valence-corrected chi connectivity index (χ1v) is 9.58. The van der Waals surface area contributed by atoms with E-state index in [0.717, 1.165) is 28.1 Å². The first kappa shape index (κ1) is 19.1. The fourth-order valence-corrected chi connectivity index (χ4v) is 3.07. The normalized spacial score (nSPS) is 12.0. The standard InChI is InChI=1S/C22H20ClN5O/c1-14-7-8-16(9-17(14)23)19-11-22(27-13-26-19)25-12-18(24)21-10-20(28-29-21)15-5-3-2-4-6-15/h2-11,13,18H,12,24H2,1H3,(H,25,26,27)/t18-/m0/s1. The molecule has 29 heavy (non-hydrogen) atoms. The minimum atomic E-state index is -0.368. The average molecular weight is 406 g/mol. The number of anilines is 1. The third kappa shape index (κ3) is 4.45. The van der Waals surface area contributed by atoms with E-state index in [1.54, 1.807) is 0 Å². The van der Waals surface area contributed by atoms with E-state index in [9.17, 15) is 0 Å². The van der Waals surface area contributed by atoms with Crippen molar-refractivity contribution in [2.24, 2.45) is 5.73 Å². The Bertz CT molecular complexity index is 1110. The minimum Gasteiger partial charge on any atom is -0.368 e. The number of aromatic nitrogens is 3. The van der Waals surface area contributed by atoms with Crippen molar-refractivity contribution in [1.29, 1.82) is 0 Å². The zero-order chi connectivity index (χ0) is 20.2. The zero-order valence-electron chi connectivity index (χ0n) is 15.8. The lowest BCUT2D eigenvalue weighted by molar-refractivity contribution is 0.366. The summed E-state index contributed by atoms with van der Waals surface area (Å²) in [5.41, 5.74) is 10.7. The number of nitrogens with one attached hydrogen (secondary N) is 1. The molecule has 0 bridgehead atoms. The third-order valence-corrected chi connectivity index (χ3v) is 5.01. The van der Waals surface area contributed by atoms with Crippen LogP contribution in [0.1, 0.15) is 17.4 Å². The minimum absolute atomic E-state index is 0.368. The van der Waals surface area contributed by atoms with Gasteiger partial charge in [-0.25, -0.2) is 9.97 Å². The Balaban J connectivity index is 1.44. The molecule has 0 radical (unpaired) electrons. The van der Waals surface area contributed by atoms with Crippen molar-refractivity contribution in [3.8, 4) is 22.5 Å². The monoisotopic (exact) mass is 405 g/mol. The predicted octanol–water partition coefficient (Wildman–Crippen LogP) is 4.87. The molecule has 0 saturated carbocycles. The lowest BCUT2D eigenvalue weighted by Gasteiger charge is -2.11. The Morgan fingerprint density at radius 2 is 1.83 bits per heavy atom. The Hall–Kier alpha value is -3.22. The van der Waals surface area contributed by atoms with Crippen molar-refractivity contribution < 1.29 is 4.52 Å². The fraction of sp³-hybridized carbons (Fsp3) is 0.136. The first-order valence-electron chi connectivity index (χ1n) is 9.20. The van der Waals surface area contributed by atoms with Crippen LogP contribution in [0.2, 0.25) is 5.02 Å². The molecular formula is C22H20ClN5O. The molecule has 0 fully saturated rings. The van der Waals surface area contributed by atoms with E-state index >= 15 is 0 Å². The van der Waals surface area contributed by atoms with Crippen molar-refractivity contribution in [2.75, 3.05) is 11.9 Å². The Kier molecular flexibility index (Phi) is 5.55. The van der Waals surface area contributed by atoms with Gasteiger partial charge < -0.3 is 15.6 Å². The maximum Gasteiger partial charge on any atom is 0.155 e. The average Bonchev–Trinajstić information content (AvgIpc) is 3.25. The molecule has 0 saturated heterocycles. The van der Waals surface area contributed by atoms with Gasteiger partial charge in [0.05, 0.1) is 11.7 Å². The van der Waals surface area contributed by atoms with Crippen molar-refractivity contribution in [3.05, 3.63) is 83.3 Å². The van der Waals surface area contributed by atoms with Crippen LogP contribution in [0, 0.1) is 6.92 Å². The molecule has 6 nitrogen and oxygen atoms in total. The first-order chi connectivity index (χ1) is 14.1. The molecule has 3 N–H and O–H groups in total. The van der Waals surface area contributed by atoms with E-state index < -0.39 is 0 Å². The molecule has 146 valence electrons. The summed E-state index contributed by atoms with van der Waals surface area (Å²) in [6.07, 6.45) is 1.51. The van der Waals surface area contributed by atoms with E-state index in [0.29, 0.717) is 23.1 Å². The summed E-state index contributed by atoms with van der Waals surface area (Å²) in [7, 11) is 0. The Labute approximate surface area is 173 Å². The summed E-state index contributed by atoms with van der Waals surface area (Å²) in [5.74, 6) is 1.28. The van der Waals surface area contributed by atoms with E-state index in [2.05, 4.69) is 20.4 Å². The molecule has 1 atom stereocenters. The van der Waals surface area contributed by atoms with Gasteiger partial charge in [0.2, 0.25) is 0 Å². The number of hydrogen-bond donors (Lipinski definition) is 2. The molecule has 0 aliphatic rings. The van der Waals surface area contributed by atoms with Gasteiger partial charge in [0.25, 0.3) is 0 Å². The lowest BCUT2D eigenvalue weighted by Crippen LogP contribution is -2.20. The summed E-state index contributed by atoms with van der Waals surface area (Å²) in [4.78, 5) is 8.60. The molecule has 7 heteroatoms. The van der Waals surface area contributed by atoms with Crippen molar-refractivity contribution >= 4 is 17.4 Å². The van der Waals surface area contributed by atoms with Crippen LogP contribution >= 0.6 is 11.6 Å². The molecule has 4 aromatic rings. The largest absolute Gasteiger partial charge is 0.368 e. The van der Waals surface area contributed by atoms with Crippen LogP contribution < -0.4 is 11.1 Å². The number of aryl methyl sites for hydroxylation is 1. The highest BCUT2D eigenvalue weighted by Gasteiger charge is 2.14. The van der Waals surface area contributed by atoms with Gasteiger partial charge in [-0.15, -0.1) is 0 Å². The van der Waals surface area contributed by atoms with Crippen LogP contribution in [0.4, 0.5) is 5.82 Å². The fourth-order valence-electron chi connectivity index (χ4n) is 2.89. The maximum absolute atomic E-state index is 6.26.